The van der Waals surface area contributed by atoms with E-state index in [0.29, 0.717) is 28.4 Å². The van der Waals surface area contributed by atoms with Gasteiger partial charge in [0.25, 0.3) is 5.91 Å². The van der Waals surface area contributed by atoms with Gasteiger partial charge < -0.3 is 20.1 Å². The predicted octanol–water partition coefficient (Wildman–Crippen LogP) is 4.61. The molecule has 3 rings (SSSR count). The topological polar surface area (TPSA) is 76.7 Å². The molecule has 152 valence electrons. The highest BCUT2D eigenvalue weighted by Gasteiger charge is 2.07. The predicted molar refractivity (Wildman–Crippen MR) is 118 cm³/mol. The van der Waals surface area contributed by atoms with Crippen molar-refractivity contribution in [2.75, 3.05) is 24.9 Å². The third-order valence-corrected chi connectivity index (χ3v) is 4.26. The Morgan fingerprint density at radius 1 is 0.767 bits per heavy atom. The number of rotatable bonds is 7. The van der Waals surface area contributed by atoms with E-state index < -0.39 is 0 Å². The van der Waals surface area contributed by atoms with E-state index in [1.807, 2.05) is 12.1 Å². The number of benzene rings is 3. The first kappa shape index (κ1) is 20.7. The van der Waals surface area contributed by atoms with Gasteiger partial charge in [-0.2, -0.15) is 0 Å². The Morgan fingerprint density at radius 2 is 1.47 bits per heavy atom. The fourth-order valence-electron chi connectivity index (χ4n) is 2.78. The SMILES string of the molecule is COc1ccc(/C=C/C(=O)Nc2cccc(NC(=O)c3ccccc3)c2)cc1OC. The lowest BCUT2D eigenvalue weighted by atomic mass is 10.2. The minimum atomic E-state index is -0.295. The monoisotopic (exact) mass is 402 g/mol. The van der Waals surface area contributed by atoms with Gasteiger partial charge >= 0.3 is 0 Å². The van der Waals surface area contributed by atoms with Crippen molar-refractivity contribution >= 4 is 29.3 Å². The van der Waals surface area contributed by atoms with Crippen LogP contribution in [0.15, 0.2) is 78.9 Å². The molecule has 6 nitrogen and oxygen atoms in total. The van der Waals surface area contributed by atoms with E-state index in [2.05, 4.69) is 10.6 Å². The summed E-state index contributed by atoms with van der Waals surface area (Å²) in [4.78, 5) is 24.6. The van der Waals surface area contributed by atoms with Crippen LogP contribution in [0.4, 0.5) is 11.4 Å². The molecule has 3 aromatic rings. The number of hydrogen-bond acceptors (Lipinski definition) is 4. The fraction of sp³-hybridized carbons (Fsp3) is 0.0833. The van der Waals surface area contributed by atoms with E-state index in [0.717, 1.165) is 5.56 Å². The van der Waals surface area contributed by atoms with Gasteiger partial charge in [0.2, 0.25) is 5.91 Å². The van der Waals surface area contributed by atoms with Crippen molar-refractivity contribution in [3.63, 3.8) is 0 Å². The van der Waals surface area contributed by atoms with Crippen LogP contribution in [0.3, 0.4) is 0 Å². The Morgan fingerprint density at radius 3 is 2.17 bits per heavy atom. The largest absolute Gasteiger partial charge is 0.493 e. The molecular weight excluding hydrogens is 380 g/mol. The summed E-state index contributed by atoms with van der Waals surface area (Å²) in [7, 11) is 3.12. The molecule has 0 atom stereocenters. The normalized spacial score (nSPS) is 10.5. The Labute approximate surface area is 175 Å². The van der Waals surface area contributed by atoms with E-state index >= 15 is 0 Å². The third kappa shape index (κ3) is 5.48. The summed E-state index contributed by atoms with van der Waals surface area (Å²) in [5, 5.41) is 5.60. The van der Waals surface area contributed by atoms with Gasteiger partial charge in [-0.1, -0.05) is 30.3 Å². The van der Waals surface area contributed by atoms with Gasteiger partial charge in [-0.3, -0.25) is 9.59 Å². The van der Waals surface area contributed by atoms with Crippen LogP contribution in [-0.4, -0.2) is 26.0 Å². The first-order valence-electron chi connectivity index (χ1n) is 9.26. The van der Waals surface area contributed by atoms with Crippen molar-refractivity contribution in [1.29, 1.82) is 0 Å². The molecule has 0 saturated heterocycles. The Kier molecular flexibility index (Phi) is 6.84. The van der Waals surface area contributed by atoms with Crippen molar-refractivity contribution in [3.8, 4) is 11.5 Å². The third-order valence-electron chi connectivity index (χ3n) is 4.26. The molecule has 0 aliphatic rings. The number of carbonyl (C=O) groups is 2. The summed E-state index contributed by atoms with van der Waals surface area (Å²) in [6.45, 7) is 0. The molecule has 0 aliphatic carbocycles. The lowest BCUT2D eigenvalue weighted by molar-refractivity contribution is -0.111. The molecule has 0 bridgehead atoms. The minimum Gasteiger partial charge on any atom is -0.493 e. The molecule has 0 aromatic heterocycles. The standard InChI is InChI=1S/C24H22N2O4/c1-29-21-13-11-17(15-22(21)30-2)12-14-23(27)25-19-9-6-10-20(16-19)26-24(28)18-7-4-3-5-8-18/h3-16H,1-2H3,(H,25,27)(H,26,28)/b14-12+. The lowest BCUT2D eigenvalue weighted by Crippen LogP contribution is -2.12. The van der Waals surface area contributed by atoms with E-state index in [1.165, 1.54) is 6.08 Å². The second kappa shape index (κ2) is 9.93. The maximum Gasteiger partial charge on any atom is 0.255 e. The molecule has 2 amide bonds. The van der Waals surface area contributed by atoms with Crippen molar-refractivity contribution in [1.82, 2.24) is 0 Å². The highest BCUT2D eigenvalue weighted by molar-refractivity contribution is 6.05. The number of hydrogen-bond donors (Lipinski definition) is 2. The highest BCUT2D eigenvalue weighted by atomic mass is 16.5. The molecule has 0 saturated carbocycles. The van der Waals surface area contributed by atoms with E-state index in [1.54, 1.807) is 81.0 Å². The minimum absolute atomic E-state index is 0.215. The molecule has 0 aliphatic heterocycles. The van der Waals surface area contributed by atoms with Crippen LogP contribution in [0, 0.1) is 0 Å². The fourth-order valence-corrected chi connectivity index (χ4v) is 2.78. The van der Waals surface area contributed by atoms with E-state index in [-0.39, 0.29) is 11.8 Å². The van der Waals surface area contributed by atoms with Gasteiger partial charge in [-0.25, -0.2) is 0 Å². The molecule has 0 spiro atoms. The maximum absolute atomic E-state index is 12.3. The molecule has 0 unspecified atom stereocenters. The number of carbonyl (C=O) groups excluding carboxylic acids is 2. The number of methoxy groups -OCH3 is 2. The molecular formula is C24H22N2O4. The number of amides is 2. The Hall–Kier alpha value is -4.06. The van der Waals surface area contributed by atoms with Gasteiger partial charge in [0.05, 0.1) is 14.2 Å². The summed E-state index contributed by atoms with van der Waals surface area (Å²) >= 11 is 0. The Balaban J connectivity index is 1.64. The molecule has 0 fully saturated rings. The first-order chi connectivity index (χ1) is 14.6. The zero-order valence-corrected chi connectivity index (χ0v) is 16.7. The average Bonchev–Trinajstić information content (AvgIpc) is 2.78. The van der Waals surface area contributed by atoms with Crippen LogP contribution in [-0.2, 0) is 4.79 Å². The number of anilines is 2. The molecule has 2 N–H and O–H groups in total. The highest BCUT2D eigenvalue weighted by Crippen LogP contribution is 2.28. The van der Waals surface area contributed by atoms with E-state index in [9.17, 15) is 9.59 Å². The zero-order chi connectivity index (χ0) is 21.3. The number of nitrogens with one attached hydrogen (secondary N) is 2. The van der Waals surface area contributed by atoms with Crippen molar-refractivity contribution in [2.24, 2.45) is 0 Å². The van der Waals surface area contributed by atoms with Crippen molar-refractivity contribution < 1.29 is 19.1 Å². The second-order valence-corrected chi connectivity index (χ2v) is 6.34. The maximum atomic E-state index is 12.3. The van der Waals surface area contributed by atoms with Crippen LogP contribution in [0.1, 0.15) is 15.9 Å². The van der Waals surface area contributed by atoms with Crippen LogP contribution in [0.5, 0.6) is 11.5 Å². The summed E-state index contributed by atoms with van der Waals surface area (Å²) in [5.74, 6) is 0.694. The molecule has 0 heterocycles. The van der Waals surface area contributed by atoms with Gasteiger partial charge in [0.1, 0.15) is 0 Å². The quantitative estimate of drug-likeness (QED) is 0.566. The molecule has 3 aromatic carbocycles. The average molecular weight is 402 g/mol. The van der Waals surface area contributed by atoms with Gasteiger partial charge in [-0.05, 0) is 54.1 Å². The smallest absolute Gasteiger partial charge is 0.255 e. The van der Waals surface area contributed by atoms with Crippen LogP contribution in [0.2, 0.25) is 0 Å². The van der Waals surface area contributed by atoms with Gasteiger partial charge in [0.15, 0.2) is 11.5 Å². The van der Waals surface area contributed by atoms with Gasteiger partial charge in [-0.15, -0.1) is 0 Å². The molecule has 30 heavy (non-hydrogen) atoms. The molecule has 0 radical (unpaired) electrons. The second-order valence-electron chi connectivity index (χ2n) is 6.34. The lowest BCUT2D eigenvalue weighted by Gasteiger charge is -2.08. The molecule has 6 heteroatoms. The van der Waals surface area contributed by atoms with E-state index in [4.69, 9.17) is 9.47 Å². The van der Waals surface area contributed by atoms with Crippen molar-refractivity contribution in [3.05, 3.63) is 90.0 Å². The summed E-state index contributed by atoms with van der Waals surface area (Å²) in [6.07, 6.45) is 3.11. The summed E-state index contributed by atoms with van der Waals surface area (Å²) in [5.41, 5.74) is 2.52. The Bertz CT molecular complexity index is 1060. The van der Waals surface area contributed by atoms with Crippen LogP contribution >= 0.6 is 0 Å². The zero-order valence-electron chi connectivity index (χ0n) is 16.7. The first-order valence-corrected chi connectivity index (χ1v) is 9.26. The van der Waals surface area contributed by atoms with Gasteiger partial charge in [0, 0.05) is 23.0 Å². The van der Waals surface area contributed by atoms with Crippen LogP contribution in [0.25, 0.3) is 6.08 Å². The number of ether oxygens (including phenoxy) is 2. The van der Waals surface area contributed by atoms with Crippen molar-refractivity contribution in [2.45, 2.75) is 0 Å². The summed E-state index contributed by atoms with van der Waals surface area (Å²) in [6, 6.07) is 21.3. The summed E-state index contributed by atoms with van der Waals surface area (Å²) < 4.78 is 10.5. The van der Waals surface area contributed by atoms with Crippen LogP contribution < -0.4 is 20.1 Å².